The van der Waals surface area contributed by atoms with Crippen LogP contribution in [-0.4, -0.2) is 76.4 Å². The fourth-order valence-electron chi connectivity index (χ4n) is 3.88. The van der Waals surface area contributed by atoms with E-state index < -0.39 is 53.8 Å². The van der Waals surface area contributed by atoms with Crippen molar-refractivity contribution in [3.8, 4) is 0 Å². The van der Waals surface area contributed by atoms with Crippen LogP contribution in [0.2, 0.25) is 0 Å². The number of nitrogens with zero attached hydrogens (tertiary/aromatic N) is 1. The Balaban J connectivity index is 2.00. The number of carbonyl (C=O) groups is 5. The molecular formula is C25H37N9O6. The number of nitrogens with two attached hydrogens (primary N) is 4. The maximum Gasteiger partial charge on any atom is 0.326 e. The van der Waals surface area contributed by atoms with Gasteiger partial charge in [0.1, 0.15) is 18.1 Å². The highest BCUT2D eigenvalue weighted by Crippen LogP contribution is 2.19. The van der Waals surface area contributed by atoms with Crippen LogP contribution < -0.4 is 38.9 Å². The molecular weight excluding hydrogens is 522 g/mol. The summed E-state index contributed by atoms with van der Waals surface area (Å²) in [5, 5.41) is 17.9. The van der Waals surface area contributed by atoms with Gasteiger partial charge in [0, 0.05) is 36.5 Å². The van der Waals surface area contributed by atoms with Gasteiger partial charge in [-0.25, -0.2) is 4.79 Å². The third kappa shape index (κ3) is 9.90. The number of benzene rings is 1. The van der Waals surface area contributed by atoms with E-state index in [4.69, 9.17) is 22.9 Å². The van der Waals surface area contributed by atoms with E-state index in [2.05, 4.69) is 25.9 Å². The third-order valence-corrected chi connectivity index (χ3v) is 6.08. The summed E-state index contributed by atoms with van der Waals surface area (Å²) in [6, 6.07) is 2.69. The maximum absolute atomic E-state index is 12.9. The number of fused-ring (bicyclic) bond motifs is 1. The van der Waals surface area contributed by atoms with Gasteiger partial charge < -0.3 is 49.0 Å². The molecule has 4 amide bonds. The second kappa shape index (κ2) is 15.1. The molecule has 15 nitrogen and oxygen atoms in total. The number of aromatic nitrogens is 1. The second-order valence-electron chi connectivity index (χ2n) is 9.31. The van der Waals surface area contributed by atoms with Crippen molar-refractivity contribution < 1.29 is 29.1 Å². The van der Waals surface area contributed by atoms with Crippen LogP contribution in [-0.2, 0) is 30.4 Å². The minimum absolute atomic E-state index is 0.00409. The molecule has 0 saturated carbocycles. The maximum atomic E-state index is 12.9. The van der Waals surface area contributed by atoms with E-state index in [9.17, 15) is 29.1 Å². The molecule has 2 rings (SSSR count). The summed E-state index contributed by atoms with van der Waals surface area (Å²) >= 11 is 0. The average Bonchev–Trinajstić information content (AvgIpc) is 3.30. The number of aliphatic carboxylic acids is 1. The van der Waals surface area contributed by atoms with E-state index in [0.717, 1.165) is 10.9 Å². The van der Waals surface area contributed by atoms with Gasteiger partial charge in [-0.1, -0.05) is 18.2 Å². The number of carboxylic acid groups (broad SMARTS) is 1. The predicted molar refractivity (Wildman–Crippen MR) is 147 cm³/mol. The molecule has 1 aromatic heterocycles. The Morgan fingerprint density at radius 2 is 1.62 bits per heavy atom. The van der Waals surface area contributed by atoms with Crippen molar-refractivity contribution in [3.63, 3.8) is 0 Å². The van der Waals surface area contributed by atoms with Crippen LogP contribution in [0, 0.1) is 0 Å². The number of H-pyrrole nitrogens is 1. The van der Waals surface area contributed by atoms with E-state index >= 15 is 0 Å². The first kappa shape index (κ1) is 31.6. The Hall–Kier alpha value is -4.66. The van der Waals surface area contributed by atoms with Gasteiger partial charge in [-0.05, 0) is 37.8 Å². The summed E-state index contributed by atoms with van der Waals surface area (Å²) in [5.74, 6) is -4.22. The first-order chi connectivity index (χ1) is 18.9. The lowest BCUT2D eigenvalue weighted by molar-refractivity contribution is -0.142. The van der Waals surface area contributed by atoms with Crippen molar-refractivity contribution in [2.45, 2.75) is 63.2 Å². The van der Waals surface area contributed by atoms with Crippen LogP contribution >= 0.6 is 0 Å². The summed E-state index contributed by atoms with van der Waals surface area (Å²) in [5.41, 5.74) is 23.1. The van der Waals surface area contributed by atoms with E-state index in [1.54, 1.807) is 6.20 Å². The minimum Gasteiger partial charge on any atom is -0.480 e. The number of rotatable bonds is 16. The van der Waals surface area contributed by atoms with Crippen molar-refractivity contribution in [1.82, 2.24) is 20.9 Å². The quantitative estimate of drug-likeness (QED) is 0.0619. The highest BCUT2D eigenvalue weighted by molar-refractivity contribution is 5.94. The molecule has 0 aliphatic carbocycles. The van der Waals surface area contributed by atoms with Crippen LogP contribution in [0.3, 0.4) is 0 Å². The fourth-order valence-corrected chi connectivity index (χ4v) is 3.88. The van der Waals surface area contributed by atoms with Crippen molar-refractivity contribution >= 4 is 46.5 Å². The van der Waals surface area contributed by atoms with Crippen molar-refractivity contribution in [2.75, 3.05) is 6.54 Å². The van der Waals surface area contributed by atoms with Crippen molar-refractivity contribution in [3.05, 3.63) is 36.0 Å². The number of aromatic amines is 1. The van der Waals surface area contributed by atoms with Gasteiger partial charge in [-0.2, -0.15) is 0 Å². The number of carbonyl (C=O) groups excluding carboxylic acids is 4. The highest BCUT2D eigenvalue weighted by Gasteiger charge is 2.29. The summed E-state index contributed by atoms with van der Waals surface area (Å²) in [6.07, 6.45) is 1.95. The first-order valence-electron chi connectivity index (χ1n) is 12.7. The first-order valence-corrected chi connectivity index (χ1v) is 12.7. The zero-order valence-electron chi connectivity index (χ0n) is 22.2. The number of amides is 4. The monoisotopic (exact) mass is 559 g/mol. The van der Waals surface area contributed by atoms with Crippen LogP contribution in [0.4, 0.5) is 0 Å². The number of guanidine groups is 1. The van der Waals surface area contributed by atoms with E-state index in [-0.39, 0.29) is 38.2 Å². The van der Waals surface area contributed by atoms with Crippen LogP contribution in [0.25, 0.3) is 10.9 Å². The van der Waals surface area contributed by atoms with Gasteiger partial charge >= 0.3 is 5.97 Å². The molecule has 218 valence electrons. The number of aliphatic imine (C=N–C) groups is 1. The summed E-state index contributed by atoms with van der Waals surface area (Å²) in [4.78, 5) is 68.3. The van der Waals surface area contributed by atoms with E-state index in [1.165, 1.54) is 6.92 Å². The zero-order chi connectivity index (χ0) is 29.8. The number of para-hydroxylation sites is 1. The highest BCUT2D eigenvalue weighted by atomic mass is 16.4. The minimum atomic E-state index is -1.27. The standard InChI is InChI=1S/C25H37N9O6/c1-13(21(36)34-19(24(39)40)11-14-12-31-17-7-3-2-5-15(14)17)32-23(38)18(8-9-20(27)35)33-22(37)16(26)6-4-10-30-25(28)29/h2-3,5,7,12-13,16,18-19,31H,4,6,8-11,26H2,1H3,(H2,27,35)(H,32,38)(H,33,37)(H,34,36)(H,39,40)(H4,28,29,30). The molecule has 0 aliphatic rings. The average molecular weight is 560 g/mol. The van der Waals surface area contributed by atoms with Gasteiger partial charge in [0.2, 0.25) is 23.6 Å². The largest absolute Gasteiger partial charge is 0.480 e. The molecule has 15 heteroatoms. The third-order valence-electron chi connectivity index (χ3n) is 6.08. The molecule has 13 N–H and O–H groups in total. The van der Waals surface area contributed by atoms with Crippen LogP contribution in [0.5, 0.6) is 0 Å². The number of hydrogen-bond donors (Lipinski definition) is 9. The number of hydrogen-bond acceptors (Lipinski definition) is 7. The summed E-state index contributed by atoms with van der Waals surface area (Å²) in [7, 11) is 0. The lowest BCUT2D eigenvalue weighted by Gasteiger charge is -2.23. The fraction of sp³-hybridized carbons (Fsp3) is 0.440. The molecule has 0 saturated heterocycles. The second-order valence-corrected chi connectivity index (χ2v) is 9.31. The normalized spacial score (nSPS) is 13.8. The Kier molecular flexibility index (Phi) is 11.9. The van der Waals surface area contributed by atoms with Crippen LogP contribution in [0.15, 0.2) is 35.5 Å². The van der Waals surface area contributed by atoms with Gasteiger partial charge in [-0.15, -0.1) is 0 Å². The van der Waals surface area contributed by atoms with E-state index in [1.807, 2.05) is 24.3 Å². The van der Waals surface area contributed by atoms with E-state index in [0.29, 0.717) is 12.0 Å². The molecule has 4 atom stereocenters. The lowest BCUT2D eigenvalue weighted by Crippen LogP contribution is -2.56. The molecule has 0 radical (unpaired) electrons. The smallest absolute Gasteiger partial charge is 0.326 e. The molecule has 4 unspecified atom stereocenters. The van der Waals surface area contributed by atoms with Gasteiger partial charge in [-0.3, -0.25) is 24.2 Å². The SMILES string of the molecule is CC(NC(=O)C(CCC(N)=O)NC(=O)C(N)CCCN=C(N)N)C(=O)NC(Cc1c[nH]c2ccccc12)C(=O)O. The van der Waals surface area contributed by atoms with Crippen LogP contribution in [0.1, 0.15) is 38.2 Å². The molecule has 0 spiro atoms. The van der Waals surface area contributed by atoms with Gasteiger partial charge in [0.25, 0.3) is 0 Å². The number of primary amides is 1. The molecule has 0 aliphatic heterocycles. The molecule has 1 aromatic carbocycles. The zero-order valence-corrected chi connectivity index (χ0v) is 22.2. The van der Waals surface area contributed by atoms with Gasteiger partial charge in [0.05, 0.1) is 6.04 Å². The molecule has 0 bridgehead atoms. The Bertz CT molecular complexity index is 1240. The Morgan fingerprint density at radius 1 is 0.950 bits per heavy atom. The lowest BCUT2D eigenvalue weighted by atomic mass is 10.0. The molecule has 2 aromatic rings. The molecule has 40 heavy (non-hydrogen) atoms. The summed E-state index contributed by atoms with van der Waals surface area (Å²) in [6.45, 7) is 1.62. The van der Waals surface area contributed by atoms with Crippen molar-refractivity contribution in [2.24, 2.45) is 27.9 Å². The predicted octanol–water partition coefficient (Wildman–Crippen LogP) is -2.08. The number of carboxylic acids is 1. The molecule has 1 heterocycles. The van der Waals surface area contributed by atoms with Gasteiger partial charge in [0.15, 0.2) is 5.96 Å². The summed E-state index contributed by atoms with van der Waals surface area (Å²) < 4.78 is 0. The molecule has 0 fully saturated rings. The number of nitrogens with one attached hydrogen (secondary N) is 4. The Labute approximate surface area is 230 Å². The van der Waals surface area contributed by atoms with Crippen molar-refractivity contribution in [1.29, 1.82) is 0 Å². The topological polar surface area (TPSA) is 274 Å². The Morgan fingerprint density at radius 3 is 2.27 bits per heavy atom.